The molecule has 1 N–H and O–H groups in total. The maximum absolute atomic E-state index is 13.1. The van der Waals surface area contributed by atoms with Gasteiger partial charge in [0.1, 0.15) is 0 Å². The first-order valence-corrected chi connectivity index (χ1v) is 10.3. The molecule has 1 aliphatic rings. The molecular formula is C24H26N4O2. The third-order valence-corrected chi connectivity index (χ3v) is 5.63. The first-order chi connectivity index (χ1) is 14.5. The minimum absolute atomic E-state index is 0.0231. The van der Waals surface area contributed by atoms with E-state index in [0.717, 1.165) is 18.4 Å². The summed E-state index contributed by atoms with van der Waals surface area (Å²) in [4.78, 5) is 27.7. The molecule has 1 fully saturated rings. The molecule has 3 aromatic rings. The maximum Gasteiger partial charge on any atom is 0.253 e. The summed E-state index contributed by atoms with van der Waals surface area (Å²) in [7, 11) is 0. The van der Waals surface area contributed by atoms with Crippen molar-refractivity contribution >= 4 is 17.5 Å². The molecule has 0 spiro atoms. The number of nitrogens with zero attached hydrogens (tertiary/aromatic N) is 3. The van der Waals surface area contributed by atoms with Gasteiger partial charge in [-0.2, -0.15) is 5.10 Å². The van der Waals surface area contributed by atoms with Gasteiger partial charge in [0.15, 0.2) is 0 Å². The van der Waals surface area contributed by atoms with Crippen LogP contribution < -0.4 is 5.32 Å². The van der Waals surface area contributed by atoms with E-state index in [1.54, 1.807) is 15.8 Å². The van der Waals surface area contributed by atoms with Gasteiger partial charge in [0.25, 0.3) is 5.91 Å². The van der Waals surface area contributed by atoms with Crippen molar-refractivity contribution in [3.05, 3.63) is 84.2 Å². The second-order valence-corrected chi connectivity index (χ2v) is 8.12. The lowest BCUT2D eigenvalue weighted by atomic mass is 9.80. The minimum atomic E-state index is -0.635. The zero-order valence-corrected chi connectivity index (χ0v) is 17.1. The minimum Gasteiger partial charge on any atom is -0.338 e. The number of nitrogens with one attached hydrogen (secondary N) is 1. The van der Waals surface area contributed by atoms with Crippen molar-refractivity contribution < 1.29 is 9.59 Å². The van der Waals surface area contributed by atoms with Gasteiger partial charge in [-0.05, 0) is 37.5 Å². The van der Waals surface area contributed by atoms with E-state index in [0.29, 0.717) is 30.9 Å². The summed E-state index contributed by atoms with van der Waals surface area (Å²) in [6, 6.07) is 19.3. The normalized spacial score (nSPS) is 18.8. The molecule has 30 heavy (non-hydrogen) atoms. The zero-order valence-electron chi connectivity index (χ0n) is 17.1. The fourth-order valence-electron chi connectivity index (χ4n) is 3.93. The predicted molar refractivity (Wildman–Crippen MR) is 116 cm³/mol. The number of likely N-dealkylation sites (tertiary alicyclic amines) is 1. The van der Waals surface area contributed by atoms with Crippen molar-refractivity contribution in [2.45, 2.75) is 26.3 Å². The maximum atomic E-state index is 13.1. The van der Waals surface area contributed by atoms with Gasteiger partial charge in [-0.1, -0.05) is 48.5 Å². The van der Waals surface area contributed by atoms with E-state index in [9.17, 15) is 9.59 Å². The number of hydrogen-bond donors (Lipinski definition) is 1. The highest BCUT2D eigenvalue weighted by Gasteiger charge is 2.39. The van der Waals surface area contributed by atoms with E-state index in [4.69, 9.17) is 0 Å². The molecule has 6 heteroatoms. The van der Waals surface area contributed by atoms with Crippen LogP contribution in [0, 0.1) is 5.41 Å². The number of rotatable bonds is 5. The van der Waals surface area contributed by atoms with E-state index in [1.165, 1.54) is 0 Å². The number of anilines is 1. The van der Waals surface area contributed by atoms with Crippen molar-refractivity contribution in [2.75, 3.05) is 18.4 Å². The van der Waals surface area contributed by atoms with Crippen LogP contribution in [-0.2, 0) is 11.3 Å². The summed E-state index contributed by atoms with van der Waals surface area (Å²) in [6.07, 6.45) is 5.05. The number of hydrogen-bond acceptors (Lipinski definition) is 3. The lowest BCUT2D eigenvalue weighted by Gasteiger charge is -2.39. The van der Waals surface area contributed by atoms with Gasteiger partial charge in [0.05, 0.1) is 23.8 Å². The summed E-state index contributed by atoms with van der Waals surface area (Å²) < 4.78 is 1.80. The SMILES string of the molecule is CC1(C(=O)Nc2cnn(Cc3ccccc3)c2)CCCN(C(=O)c2ccccc2)C1. The number of piperidine rings is 1. The second-order valence-electron chi connectivity index (χ2n) is 8.12. The highest BCUT2D eigenvalue weighted by Crippen LogP contribution is 2.31. The van der Waals surface area contributed by atoms with Crippen LogP contribution in [0.1, 0.15) is 35.7 Å². The Morgan fingerprint density at radius 3 is 2.50 bits per heavy atom. The molecule has 6 nitrogen and oxygen atoms in total. The second kappa shape index (κ2) is 8.53. The predicted octanol–water partition coefficient (Wildman–Crippen LogP) is 3.81. The van der Waals surface area contributed by atoms with Crippen LogP contribution in [0.3, 0.4) is 0 Å². The van der Waals surface area contributed by atoms with Crippen molar-refractivity contribution in [3.63, 3.8) is 0 Å². The van der Waals surface area contributed by atoms with E-state index in [2.05, 4.69) is 10.4 Å². The van der Waals surface area contributed by atoms with Gasteiger partial charge in [-0.25, -0.2) is 0 Å². The van der Waals surface area contributed by atoms with Crippen LogP contribution in [0.15, 0.2) is 73.1 Å². The molecule has 2 amide bonds. The molecule has 1 unspecified atom stereocenters. The summed E-state index contributed by atoms with van der Waals surface area (Å²) >= 11 is 0. The molecule has 1 saturated heterocycles. The molecule has 4 rings (SSSR count). The van der Waals surface area contributed by atoms with Crippen LogP contribution in [-0.4, -0.2) is 39.6 Å². The molecule has 154 valence electrons. The highest BCUT2D eigenvalue weighted by atomic mass is 16.2. The topological polar surface area (TPSA) is 67.2 Å². The molecule has 1 aliphatic heterocycles. The van der Waals surface area contributed by atoms with Gasteiger partial charge in [0.2, 0.25) is 5.91 Å². The number of carbonyl (C=O) groups is 2. The molecule has 0 bridgehead atoms. The molecule has 0 aliphatic carbocycles. The van der Waals surface area contributed by atoms with Gasteiger partial charge in [-0.15, -0.1) is 0 Å². The molecule has 2 aromatic carbocycles. The number of benzene rings is 2. The Morgan fingerprint density at radius 2 is 1.77 bits per heavy atom. The summed E-state index contributed by atoms with van der Waals surface area (Å²) in [5, 5.41) is 7.35. The van der Waals surface area contributed by atoms with Crippen LogP contribution in [0.4, 0.5) is 5.69 Å². The number of carbonyl (C=O) groups excluding carboxylic acids is 2. The van der Waals surface area contributed by atoms with Gasteiger partial charge >= 0.3 is 0 Å². The highest BCUT2D eigenvalue weighted by molar-refractivity contribution is 5.97. The van der Waals surface area contributed by atoms with Gasteiger partial charge in [0, 0.05) is 24.8 Å². The van der Waals surface area contributed by atoms with Crippen molar-refractivity contribution in [1.29, 1.82) is 0 Å². The average Bonchev–Trinajstić information content (AvgIpc) is 3.21. The summed E-state index contributed by atoms with van der Waals surface area (Å²) in [5.41, 5.74) is 1.84. The van der Waals surface area contributed by atoms with Crippen LogP contribution in [0.2, 0.25) is 0 Å². The Hall–Kier alpha value is -3.41. The van der Waals surface area contributed by atoms with Crippen LogP contribution >= 0.6 is 0 Å². The van der Waals surface area contributed by atoms with Crippen LogP contribution in [0.5, 0.6) is 0 Å². The fraction of sp³-hybridized carbons (Fsp3) is 0.292. The lowest BCUT2D eigenvalue weighted by molar-refractivity contribution is -0.127. The molecule has 1 atom stereocenters. The largest absolute Gasteiger partial charge is 0.338 e. The third-order valence-electron chi connectivity index (χ3n) is 5.63. The number of amides is 2. The first kappa shape index (κ1) is 19.9. The van der Waals surface area contributed by atoms with E-state index in [1.807, 2.05) is 73.8 Å². The van der Waals surface area contributed by atoms with Crippen LogP contribution in [0.25, 0.3) is 0 Å². The number of aromatic nitrogens is 2. The smallest absolute Gasteiger partial charge is 0.253 e. The average molecular weight is 402 g/mol. The Labute approximate surface area is 176 Å². The molecule has 0 radical (unpaired) electrons. The van der Waals surface area contributed by atoms with Crippen molar-refractivity contribution in [2.24, 2.45) is 5.41 Å². The summed E-state index contributed by atoms with van der Waals surface area (Å²) in [6.45, 7) is 3.66. The molecular weight excluding hydrogens is 376 g/mol. The van der Waals surface area contributed by atoms with E-state index >= 15 is 0 Å². The first-order valence-electron chi connectivity index (χ1n) is 10.3. The quantitative estimate of drug-likeness (QED) is 0.706. The lowest BCUT2D eigenvalue weighted by Crippen LogP contribution is -2.50. The molecule has 2 heterocycles. The summed E-state index contributed by atoms with van der Waals surface area (Å²) in [5.74, 6) is -0.0997. The molecule has 1 aromatic heterocycles. The van der Waals surface area contributed by atoms with Crippen molar-refractivity contribution in [1.82, 2.24) is 14.7 Å². The van der Waals surface area contributed by atoms with Crippen molar-refractivity contribution in [3.8, 4) is 0 Å². The van der Waals surface area contributed by atoms with Gasteiger partial charge < -0.3 is 10.2 Å². The zero-order chi connectivity index (χ0) is 21.0. The standard InChI is InChI=1S/C24H26N4O2/c1-24(13-8-14-27(18-24)22(29)20-11-6-3-7-12-20)23(30)26-21-15-25-28(17-21)16-19-9-4-2-5-10-19/h2-7,9-12,15,17H,8,13-14,16,18H2,1H3,(H,26,30). The van der Waals surface area contributed by atoms with Gasteiger partial charge in [-0.3, -0.25) is 14.3 Å². The molecule has 0 saturated carbocycles. The Bertz CT molecular complexity index is 1020. The fourth-order valence-corrected chi connectivity index (χ4v) is 3.93. The Morgan fingerprint density at radius 1 is 1.07 bits per heavy atom. The monoisotopic (exact) mass is 402 g/mol. The Kier molecular flexibility index (Phi) is 5.65. The third kappa shape index (κ3) is 4.43. The van der Waals surface area contributed by atoms with E-state index in [-0.39, 0.29) is 11.8 Å². The Balaban J connectivity index is 1.40. The van der Waals surface area contributed by atoms with E-state index < -0.39 is 5.41 Å².